The van der Waals surface area contributed by atoms with Crippen LogP contribution in [0.5, 0.6) is 5.75 Å². The Morgan fingerprint density at radius 2 is 2.00 bits per heavy atom. The van der Waals surface area contributed by atoms with Gasteiger partial charge in [0.15, 0.2) is 0 Å². The summed E-state index contributed by atoms with van der Waals surface area (Å²) in [5.41, 5.74) is 0.899. The van der Waals surface area contributed by atoms with Crippen LogP contribution in [0.15, 0.2) is 30.5 Å². The minimum atomic E-state index is -0.858. The van der Waals surface area contributed by atoms with Crippen LogP contribution in [0.1, 0.15) is 34.6 Å². The third-order valence-electron chi connectivity index (χ3n) is 4.45. The molecule has 2 rings (SSSR count). The molecule has 144 valence electrons. The summed E-state index contributed by atoms with van der Waals surface area (Å²) in [5.74, 6) is 1.34. The Balaban J connectivity index is 2.14. The summed E-state index contributed by atoms with van der Waals surface area (Å²) in [4.78, 5) is 6.80. The van der Waals surface area contributed by atoms with Crippen LogP contribution in [-0.4, -0.2) is 53.4 Å². The Kier molecular flexibility index (Phi) is 6.84. The summed E-state index contributed by atoms with van der Waals surface area (Å²) in [6, 6.07) is 8.21. The second-order valence-electron chi connectivity index (χ2n) is 8.02. The molecule has 0 aliphatic heterocycles. The van der Waals surface area contributed by atoms with Crippen molar-refractivity contribution in [3.05, 3.63) is 30.5 Å². The second kappa shape index (κ2) is 8.69. The average Bonchev–Trinajstić information content (AvgIpc) is 2.58. The minimum absolute atomic E-state index is 0.392. The number of fused-ring (bicyclic) bond motifs is 1. The molecule has 5 nitrogen and oxygen atoms in total. The van der Waals surface area contributed by atoms with Gasteiger partial charge in [-0.2, -0.15) is 0 Å². The first-order valence-corrected chi connectivity index (χ1v) is 9.35. The Morgan fingerprint density at radius 3 is 2.62 bits per heavy atom. The molecule has 0 unspecified atom stereocenters. The van der Waals surface area contributed by atoms with Crippen molar-refractivity contribution < 1.29 is 9.84 Å². The Bertz CT molecular complexity index is 713. The van der Waals surface area contributed by atoms with E-state index >= 15 is 0 Å². The zero-order valence-electron chi connectivity index (χ0n) is 16.9. The van der Waals surface area contributed by atoms with Gasteiger partial charge in [0.05, 0.1) is 23.9 Å². The lowest BCUT2D eigenvalue weighted by atomic mass is 10.0. The van der Waals surface area contributed by atoms with E-state index in [4.69, 9.17) is 4.74 Å². The highest BCUT2D eigenvalue weighted by Crippen LogP contribution is 2.28. The van der Waals surface area contributed by atoms with E-state index in [1.807, 2.05) is 31.2 Å². The lowest BCUT2D eigenvalue weighted by Crippen LogP contribution is -2.48. The fourth-order valence-corrected chi connectivity index (χ4v) is 3.12. The lowest BCUT2D eigenvalue weighted by molar-refractivity contribution is 0.0169. The van der Waals surface area contributed by atoms with Crippen molar-refractivity contribution in [1.29, 1.82) is 0 Å². The van der Waals surface area contributed by atoms with E-state index < -0.39 is 5.60 Å². The molecule has 2 aromatic rings. The van der Waals surface area contributed by atoms with Gasteiger partial charge in [0.2, 0.25) is 0 Å². The summed E-state index contributed by atoms with van der Waals surface area (Å²) >= 11 is 0. The first-order valence-electron chi connectivity index (χ1n) is 9.35. The predicted octanol–water partition coefficient (Wildman–Crippen LogP) is 3.77. The normalized spacial score (nSPS) is 14.2. The molecule has 26 heavy (non-hydrogen) atoms. The number of nitrogens with zero attached hydrogens (tertiary/aromatic N) is 2. The number of pyridine rings is 1. The number of aliphatic hydroxyl groups is 1. The SMILES string of the molecule is COc1cc(NC[C@@](C)(O)CN(CC(C)C)C(C)C)c2ncccc2c1. The first kappa shape index (κ1) is 20.5. The number of methoxy groups -OCH3 is 1. The third kappa shape index (κ3) is 5.58. The maximum Gasteiger partial charge on any atom is 0.121 e. The number of hydrogen-bond acceptors (Lipinski definition) is 5. The molecule has 1 aromatic carbocycles. The highest BCUT2D eigenvalue weighted by atomic mass is 16.5. The van der Waals surface area contributed by atoms with E-state index in [-0.39, 0.29) is 0 Å². The number of aromatic nitrogens is 1. The van der Waals surface area contributed by atoms with Gasteiger partial charge in [-0.25, -0.2) is 0 Å². The van der Waals surface area contributed by atoms with Gasteiger partial charge >= 0.3 is 0 Å². The van der Waals surface area contributed by atoms with Crippen LogP contribution in [0.3, 0.4) is 0 Å². The molecule has 1 heterocycles. The van der Waals surface area contributed by atoms with Crippen LogP contribution in [-0.2, 0) is 0 Å². The van der Waals surface area contributed by atoms with Crippen LogP contribution >= 0.6 is 0 Å². The Morgan fingerprint density at radius 1 is 1.27 bits per heavy atom. The molecular weight excluding hydrogens is 326 g/mol. The Hall–Kier alpha value is -1.85. The molecule has 1 aromatic heterocycles. The number of anilines is 1. The van der Waals surface area contributed by atoms with E-state index in [1.54, 1.807) is 13.3 Å². The van der Waals surface area contributed by atoms with Crippen molar-refractivity contribution in [2.75, 3.05) is 32.1 Å². The number of nitrogens with one attached hydrogen (secondary N) is 1. The molecule has 0 radical (unpaired) electrons. The minimum Gasteiger partial charge on any atom is -0.497 e. The molecule has 0 bridgehead atoms. The molecule has 0 spiro atoms. The molecule has 0 aliphatic carbocycles. The Labute approximate surface area is 157 Å². The number of rotatable bonds is 9. The lowest BCUT2D eigenvalue weighted by Gasteiger charge is -2.35. The largest absolute Gasteiger partial charge is 0.497 e. The smallest absolute Gasteiger partial charge is 0.121 e. The zero-order chi connectivity index (χ0) is 19.3. The van der Waals surface area contributed by atoms with Gasteiger partial charge in [-0.05, 0) is 38.8 Å². The maximum atomic E-state index is 11.0. The highest BCUT2D eigenvalue weighted by Gasteiger charge is 2.26. The summed E-state index contributed by atoms with van der Waals surface area (Å²) in [7, 11) is 1.66. The van der Waals surface area contributed by atoms with Crippen molar-refractivity contribution in [3.8, 4) is 5.75 Å². The van der Waals surface area contributed by atoms with E-state index in [0.29, 0.717) is 25.0 Å². The molecule has 0 amide bonds. The summed E-state index contributed by atoms with van der Waals surface area (Å²) < 4.78 is 5.40. The first-order chi connectivity index (χ1) is 12.2. The van der Waals surface area contributed by atoms with Gasteiger partial charge in [0.25, 0.3) is 0 Å². The molecule has 0 saturated heterocycles. The summed E-state index contributed by atoms with van der Waals surface area (Å²) in [6.45, 7) is 12.7. The van der Waals surface area contributed by atoms with Gasteiger partial charge in [-0.1, -0.05) is 19.9 Å². The van der Waals surface area contributed by atoms with Crippen molar-refractivity contribution in [3.63, 3.8) is 0 Å². The van der Waals surface area contributed by atoms with E-state index in [2.05, 4.69) is 42.9 Å². The quantitative estimate of drug-likeness (QED) is 0.714. The van der Waals surface area contributed by atoms with Crippen LogP contribution in [0.4, 0.5) is 5.69 Å². The number of hydrogen-bond donors (Lipinski definition) is 2. The van der Waals surface area contributed by atoms with Gasteiger partial charge in [-0.3, -0.25) is 9.88 Å². The summed E-state index contributed by atoms with van der Waals surface area (Å²) in [6.07, 6.45) is 1.78. The second-order valence-corrected chi connectivity index (χ2v) is 8.02. The van der Waals surface area contributed by atoms with Crippen molar-refractivity contribution in [2.45, 2.75) is 46.3 Å². The maximum absolute atomic E-state index is 11.0. The van der Waals surface area contributed by atoms with Gasteiger partial charge in [-0.15, -0.1) is 0 Å². The molecule has 1 atom stereocenters. The zero-order valence-corrected chi connectivity index (χ0v) is 16.9. The van der Waals surface area contributed by atoms with E-state index in [9.17, 15) is 5.11 Å². The predicted molar refractivity (Wildman–Crippen MR) is 109 cm³/mol. The van der Waals surface area contributed by atoms with Crippen LogP contribution in [0.2, 0.25) is 0 Å². The average molecular weight is 360 g/mol. The molecule has 0 saturated carbocycles. The standard InChI is InChI=1S/C21H33N3O2/c1-15(2)12-24(16(3)4)14-21(5,25)13-23-19-11-18(26-6)10-17-8-7-9-22-20(17)19/h7-11,15-16,23,25H,12-14H2,1-6H3/t21-/m1/s1. The van der Waals surface area contributed by atoms with Crippen LogP contribution in [0, 0.1) is 5.92 Å². The topological polar surface area (TPSA) is 57.6 Å². The number of benzene rings is 1. The van der Waals surface area contributed by atoms with Gasteiger partial charge in [0.1, 0.15) is 5.75 Å². The molecule has 5 heteroatoms. The van der Waals surface area contributed by atoms with Gasteiger partial charge in [0, 0.05) is 43.3 Å². The fourth-order valence-electron chi connectivity index (χ4n) is 3.12. The third-order valence-corrected chi connectivity index (χ3v) is 4.45. The van der Waals surface area contributed by atoms with Crippen molar-refractivity contribution in [2.24, 2.45) is 5.92 Å². The monoisotopic (exact) mass is 359 g/mol. The summed E-state index contributed by atoms with van der Waals surface area (Å²) in [5, 5.41) is 15.3. The molecular formula is C21H33N3O2. The van der Waals surface area contributed by atoms with Crippen molar-refractivity contribution in [1.82, 2.24) is 9.88 Å². The highest BCUT2D eigenvalue weighted by molar-refractivity contribution is 5.91. The van der Waals surface area contributed by atoms with Crippen molar-refractivity contribution >= 4 is 16.6 Å². The van der Waals surface area contributed by atoms with Crippen LogP contribution < -0.4 is 10.1 Å². The van der Waals surface area contributed by atoms with Crippen LogP contribution in [0.25, 0.3) is 10.9 Å². The molecule has 2 N–H and O–H groups in total. The fraction of sp³-hybridized carbons (Fsp3) is 0.571. The van der Waals surface area contributed by atoms with E-state index in [1.165, 1.54) is 0 Å². The van der Waals surface area contributed by atoms with E-state index in [0.717, 1.165) is 28.9 Å². The van der Waals surface area contributed by atoms with Gasteiger partial charge < -0.3 is 15.2 Å². The molecule has 0 fully saturated rings. The number of ether oxygens (including phenoxy) is 1. The molecule has 0 aliphatic rings.